The van der Waals surface area contributed by atoms with Crippen LogP contribution >= 0.6 is 0 Å². The van der Waals surface area contributed by atoms with Crippen LogP contribution in [0.1, 0.15) is 40.9 Å². The number of carbonyl (C=O) groups is 2. The zero-order valence-corrected chi connectivity index (χ0v) is 16.4. The molecule has 1 saturated heterocycles. The smallest absolute Gasteiger partial charge is 0.364 e. The van der Waals surface area contributed by atoms with E-state index in [9.17, 15) is 31.5 Å². The fourth-order valence-electron chi connectivity index (χ4n) is 3.45. The summed E-state index contributed by atoms with van der Waals surface area (Å²) in [5.41, 5.74) is 1.61. The highest BCUT2D eigenvalue weighted by molar-refractivity contribution is 5.97. The number of hydrogen-bond acceptors (Lipinski definition) is 4. The molecule has 166 valence electrons. The third kappa shape index (κ3) is 4.22. The van der Waals surface area contributed by atoms with Crippen LogP contribution in [0.5, 0.6) is 0 Å². The summed E-state index contributed by atoms with van der Waals surface area (Å²) < 4.78 is 74.3. The van der Waals surface area contributed by atoms with E-state index < -0.39 is 53.7 Å². The second-order valence-corrected chi connectivity index (χ2v) is 7.44. The van der Waals surface area contributed by atoms with Gasteiger partial charge in [-0.15, -0.1) is 0 Å². The number of anilines is 1. The highest BCUT2D eigenvalue weighted by atomic mass is 19.4. The topological polar surface area (TPSA) is 94.3 Å². The van der Waals surface area contributed by atoms with Crippen LogP contribution in [0.4, 0.5) is 27.6 Å². The molecule has 0 unspecified atom stereocenters. The average molecular weight is 443 g/mol. The monoisotopic (exact) mass is 443 g/mol. The van der Waals surface area contributed by atoms with Gasteiger partial charge < -0.3 is 15.8 Å². The fourth-order valence-corrected chi connectivity index (χ4v) is 3.45. The van der Waals surface area contributed by atoms with Gasteiger partial charge in [-0.25, -0.2) is 8.78 Å². The number of alkyl halides is 3. The van der Waals surface area contributed by atoms with Crippen molar-refractivity contribution in [2.75, 3.05) is 5.32 Å². The number of aromatic nitrogens is 1. The Bertz CT molecular complexity index is 1040. The van der Waals surface area contributed by atoms with Crippen molar-refractivity contribution >= 4 is 17.5 Å². The second kappa shape index (κ2) is 7.88. The minimum atomic E-state index is -4.85. The molecule has 11 heteroatoms. The molecule has 0 spiro atoms. The van der Waals surface area contributed by atoms with Crippen molar-refractivity contribution in [3.8, 4) is 0 Å². The molecule has 0 radical (unpaired) electrons. The first-order valence-electron chi connectivity index (χ1n) is 9.10. The maximum absolute atomic E-state index is 14.7. The van der Waals surface area contributed by atoms with Gasteiger partial charge in [-0.1, -0.05) is 6.07 Å². The van der Waals surface area contributed by atoms with Crippen LogP contribution in [0.15, 0.2) is 30.5 Å². The van der Waals surface area contributed by atoms with Gasteiger partial charge in [0.2, 0.25) is 0 Å². The van der Waals surface area contributed by atoms with Crippen LogP contribution in [0.3, 0.4) is 0 Å². The molecule has 1 aromatic carbocycles. The molecule has 3 N–H and O–H groups in total. The van der Waals surface area contributed by atoms with E-state index in [0.717, 1.165) is 32.0 Å². The summed E-state index contributed by atoms with van der Waals surface area (Å²) in [6, 6.07) is 4.36. The molecule has 1 aromatic heterocycles. The Hall–Kier alpha value is -3.08. The van der Waals surface area contributed by atoms with Crippen molar-refractivity contribution in [3.05, 3.63) is 58.9 Å². The van der Waals surface area contributed by atoms with Crippen LogP contribution in [0.2, 0.25) is 0 Å². The zero-order valence-electron chi connectivity index (χ0n) is 16.4. The molecular formula is C20H18F5N3O3. The van der Waals surface area contributed by atoms with E-state index in [1.165, 1.54) is 12.3 Å². The van der Waals surface area contributed by atoms with E-state index in [4.69, 9.17) is 10.5 Å². The molecule has 1 aliphatic heterocycles. The van der Waals surface area contributed by atoms with Gasteiger partial charge in [-0.3, -0.25) is 14.6 Å². The number of benzene rings is 1. The number of nitrogens with one attached hydrogen (secondary N) is 1. The van der Waals surface area contributed by atoms with E-state index in [1.54, 1.807) is 0 Å². The number of pyridine rings is 1. The molecule has 1 aliphatic rings. The standard InChI is InChI=1S/C20H18F5N3O3/c1-9-13(21)4-3-11(15(9)22)12-8-19(2,20(23,24)25)31-16(12)18(30)28-10-5-6-27-14(7-10)17(26)29/h3-7,12,16H,8H2,1-2H3,(H2,26,29)(H,27,28,30)/t12-,16-,19+/m0/s1. The summed E-state index contributed by atoms with van der Waals surface area (Å²) in [6.07, 6.45) is -6.16. The van der Waals surface area contributed by atoms with Gasteiger partial charge in [0.1, 0.15) is 23.4 Å². The van der Waals surface area contributed by atoms with Crippen molar-refractivity contribution in [1.29, 1.82) is 0 Å². The Labute approximate surface area is 173 Å². The van der Waals surface area contributed by atoms with Gasteiger partial charge in [0, 0.05) is 23.4 Å². The van der Waals surface area contributed by atoms with Crippen LogP contribution in [0, 0.1) is 18.6 Å². The molecule has 31 heavy (non-hydrogen) atoms. The Balaban J connectivity index is 1.98. The minimum absolute atomic E-state index is 0.0347. The summed E-state index contributed by atoms with van der Waals surface area (Å²) in [4.78, 5) is 27.8. The first kappa shape index (κ1) is 22.6. The van der Waals surface area contributed by atoms with Crippen LogP contribution in [0.25, 0.3) is 0 Å². The quantitative estimate of drug-likeness (QED) is 0.706. The number of halogens is 5. The highest BCUT2D eigenvalue weighted by Gasteiger charge is 2.61. The fraction of sp³-hybridized carbons (Fsp3) is 0.350. The lowest BCUT2D eigenvalue weighted by Gasteiger charge is -2.27. The predicted molar refractivity (Wildman–Crippen MR) is 99.2 cm³/mol. The third-order valence-electron chi connectivity index (χ3n) is 5.25. The Kier molecular flexibility index (Phi) is 5.74. The molecule has 3 rings (SSSR count). The van der Waals surface area contributed by atoms with Crippen LogP contribution < -0.4 is 11.1 Å². The maximum Gasteiger partial charge on any atom is 0.417 e. The Morgan fingerprint density at radius 1 is 1.26 bits per heavy atom. The van der Waals surface area contributed by atoms with Crippen LogP contribution in [-0.4, -0.2) is 34.7 Å². The summed E-state index contributed by atoms with van der Waals surface area (Å²) in [5.74, 6) is -5.13. The Morgan fingerprint density at radius 3 is 2.55 bits per heavy atom. The summed E-state index contributed by atoms with van der Waals surface area (Å²) in [7, 11) is 0. The first-order chi connectivity index (χ1) is 14.3. The number of amides is 2. The number of hydrogen-bond donors (Lipinski definition) is 2. The lowest BCUT2D eigenvalue weighted by molar-refractivity contribution is -0.261. The van der Waals surface area contributed by atoms with Crippen molar-refractivity contribution in [2.45, 2.75) is 44.1 Å². The van der Waals surface area contributed by atoms with Crippen LogP contribution in [-0.2, 0) is 9.53 Å². The molecule has 0 saturated carbocycles. The van der Waals surface area contributed by atoms with Gasteiger partial charge >= 0.3 is 6.18 Å². The molecule has 0 bridgehead atoms. The Morgan fingerprint density at radius 2 is 1.94 bits per heavy atom. The molecular weight excluding hydrogens is 425 g/mol. The van der Waals surface area contributed by atoms with Crippen molar-refractivity contribution in [1.82, 2.24) is 4.98 Å². The SMILES string of the molecule is Cc1c(F)ccc([C@@H]2C[C@](C)(C(F)(F)F)O[C@@H]2C(=O)Nc2ccnc(C(N)=O)c2)c1F. The predicted octanol–water partition coefficient (Wildman–Crippen LogP) is 3.60. The number of primary amides is 1. The van der Waals surface area contributed by atoms with Gasteiger partial charge in [-0.2, -0.15) is 13.2 Å². The molecule has 2 aromatic rings. The van der Waals surface area contributed by atoms with Gasteiger partial charge in [0.15, 0.2) is 5.60 Å². The molecule has 3 atom stereocenters. The van der Waals surface area contributed by atoms with Crippen molar-refractivity contribution in [3.63, 3.8) is 0 Å². The molecule has 0 aliphatic carbocycles. The normalized spacial score (nSPS) is 23.6. The number of nitrogens with zero attached hydrogens (tertiary/aromatic N) is 1. The number of rotatable bonds is 4. The number of carbonyl (C=O) groups excluding carboxylic acids is 2. The molecule has 1 fully saturated rings. The summed E-state index contributed by atoms with van der Waals surface area (Å²) in [6.45, 7) is 1.91. The lowest BCUT2D eigenvalue weighted by Crippen LogP contribution is -2.43. The number of nitrogens with two attached hydrogens (primary N) is 1. The summed E-state index contributed by atoms with van der Waals surface area (Å²) >= 11 is 0. The van der Waals surface area contributed by atoms with E-state index in [2.05, 4.69) is 10.3 Å². The average Bonchev–Trinajstić information content (AvgIpc) is 3.05. The minimum Gasteiger partial charge on any atom is -0.364 e. The molecule has 2 amide bonds. The lowest BCUT2D eigenvalue weighted by atomic mass is 9.85. The second-order valence-electron chi connectivity index (χ2n) is 7.44. The van der Waals surface area contributed by atoms with Gasteiger partial charge in [0.25, 0.3) is 11.8 Å². The maximum atomic E-state index is 14.7. The van der Waals surface area contributed by atoms with E-state index in [1.807, 2.05) is 0 Å². The highest BCUT2D eigenvalue weighted by Crippen LogP contribution is 2.50. The molecule has 2 heterocycles. The molecule has 6 nitrogen and oxygen atoms in total. The largest absolute Gasteiger partial charge is 0.417 e. The van der Waals surface area contributed by atoms with E-state index in [-0.39, 0.29) is 22.5 Å². The van der Waals surface area contributed by atoms with Crippen molar-refractivity contribution in [2.24, 2.45) is 5.73 Å². The zero-order chi connectivity index (χ0) is 23.1. The number of ether oxygens (including phenoxy) is 1. The van der Waals surface area contributed by atoms with E-state index >= 15 is 0 Å². The van der Waals surface area contributed by atoms with Gasteiger partial charge in [0.05, 0.1) is 0 Å². The van der Waals surface area contributed by atoms with E-state index in [0.29, 0.717) is 0 Å². The third-order valence-corrected chi connectivity index (χ3v) is 5.25. The summed E-state index contributed by atoms with van der Waals surface area (Å²) in [5, 5.41) is 2.34. The van der Waals surface area contributed by atoms with Gasteiger partial charge in [-0.05, 0) is 44.0 Å². The van der Waals surface area contributed by atoms with Crippen molar-refractivity contribution < 1.29 is 36.3 Å². The first-order valence-corrected chi connectivity index (χ1v) is 9.10.